The third-order valence-electron chi connectivity index (χ3n) is 3.57. The number of aromatic nitrogens is 1. The van der Waals surface area contributed by atoms with Gasteiger partial charge in [-0.3, -0.25) is 4.99 Å². The summed E-state index contributed by atoms with van der Waals surface area (Å²) in [5.41, 5.74) is 0. The fourth-order valence-corrected chi connectivity index (χ4v) is 3.82. The fraction of sp³-hybridized carbons (Fsp3) is 0.444. The lowest BCUT2D eigenvalue weighted by Gasteiger charge is -2.22. The van der Waals surface area contributed by atoms with Gasteiger partial charge in [-0.1, -0.05) is 11.8 Å². The van der Waals surface area contributed by atoms with Gasteiger partial charge in [0.05, 0.1) is 13.7 Å². The molecule has 26 heavy (non-hydrogen) atoms. The number of nitrogens with one attached hydrogen (secondary N) is 1. The van der Waals surface area contributed by atoms with Gasteiger partial charge in [-0.05, 0) is 30.7 Å². The summed E-state index contributed by atoms with van der Waals surface area (Å²) >= 11 is 3.48. The molecule has 0 aliphatic heterocycles. The second kappa shape index (κ2) is 11.6. The first-order valence-corrected chi connectivity index (χ1v) is 10.3. The maximum Gasteiger partial charge on any atom is 0.193 e. The minimum atomic E-state index is 0.587. The summed E-state index contributed by atoms with van der Waals surface area (Å²) in [7, 11) is 5.46. The highest BCUT2D eigenvalue weighted by Crippen LogP contribution is 2.20. The van der Waals surface area contributed by atoms with Crippen LogP contribution in [0.4, 0.5) is 0 Å². The maximum atomic E-state index is 5.77. The summed E-state index contributed by atoms with van der Waals surface area (Å²) in [5, 5.41) is 5.39. The average Bonchev–Trinajstić information content (AvgIpc) is 3.18. The molecule has 0 bridgehead atoms. The van der Waals surface area contributed by atoms with E-state index in [1.54, 1.807) is 37.3 Å². The van der Waals surface area contributed by atoms with Crippen LogP contribution in [0.25, 0.3) is 0 Å². The summed E-state index contributed by atoms with van der Waals surface area (Å²) in [6.07, 6.45) is 2.90. The summed E-state index contributed by atoms with van der Waals surface area (Å²) in [6.45, 7) is 2.22. The molecule has 1 N–H and O–H groups in total. The molecule has 1 aromatic carbocycles. The highest BCUT2D eigenvalue weighted by molar-refractivity contribution is 8.00. The van der Waals surface area contributed by atoms with E-state index in [-0.39, 0.29) is 0 Å². The first-order valence-electron chi connectivity index (χ1n) is 8.44. The Bertz CT molecular complexity index is 648. The molecule has 142 valence electrons. The Morgan fingerprint density at radius 3 is 2.73 bits per heavy atom. The zero-order valence-corrected chi connectivity index (χ0v) is 17.1. The van der Waals surface area contributed by atoms with Crippen molar-refractivity contribution in [2.24, 2.45) is 4.99 Å². The third kappa shape index (κ3) is 7.13. The minimum Gasteiger partial charge on any atom is -0.497 e. The molecule has 1 aromatic heterocycles. The lowest BCUT2D eigenvalue weighted by molar-refractivity contribution is 0.281. The van der Waals surface area contributed by atoms with E-state index in [9.17, 15) is 0 Å². The molecule has 0 saturated heterocycles. The van der Waals surface area contributed by atoms with Crippen LogP contribution in [0.15, 0.2) is 45.2 Å². The van der Waals surface area contributed by atoms with E-state index in [1.165, 1.54) is 0 Å². The van der Waals surface area contributed by atoms with E-state index in [1.807, 2.05) is 42.9 Å². The maximum absolute atomic E-state index is 5.77. The molecule has 0 fully saturated rings. The van der Waals surface area contributed by atoms with Gasteiger partial charge in [0.1, 0.15) is 22.4 Å². The van der Waals surface area contributed by atoms with Crippen molar-refractivity contribution in [3.63, 3.8) is 0 Å². The summed E-state index contributed by atoms with van der Waals surface area (Å²) in [4.78, 5) is 10.7. The van der Waals surface area contributed by atoms with Crippen LogP contribution in [0.3, 0.4) is 0 Å². The molecule has 8 heteroatoms. The number of rotatable bonds is 10. The Balaban J connectivity index is 1.61. The monoisotopic (exact) mass is 394 g/mol. The standard InChI is InChI=1S/C18H26N4O2S2/c1-19-17(20-9-4-13-25-18-21-10-14-26-18)22(2)11-12-24-16-7-5-15(23-3)6-8-16/h5-8,10,14H,4,9,11-13H2,1-3H3,(H,19,20). The molecule has 0 saturated carbocycles. The van der Waals surface area contributed by atoms with Crippen LogP contribution in [0, 0.1) is 0 Å². The molecule has 2 rings (SSSR count). The first kappa shape index (κ1) is 20.4. The Morgan fingerprint density at radius 2 is 2.08 bits per heavy atom. The smallest absolute Gasteiger partial charge is 0.193 e. The highest BCUT2D eigenvalue weighted by atomic mass is 32.2. The van der Waals surface area contributed by atoms with Gasteiger partial charge in [0.25, 0.3) is 0 Å². The van der Waals surface area contributed by atoms with Crippen molar-refractivity contribution in [3.8, 4) is 11.5 Å². The van der Waals surface area contributed by atoms with Gasteiger partial charge in [-0.15, -0.1) is 11.3 Å². The number of nitrogens with zero attached hydrogens (tertiary/aromatic N) is 3. The number of likely N-dealkylation sites (N-methyl/N-ethyl adjacent to an activating group) is 1. The second-order valence-electron chi connectivity index (χ2n) is 5.42. The topological polar surface area (TPSA) is 59.0 Å². The lowest BCUT2D eigenvalue weighted by atomic mass is 10.3. The van der Waals surface area contributed by atoms with Crippen molar-refractivity contribution in [2.45, 2.75) is 10.8 Å². The molecule has 2 aromatic rings. The predicted octanol–water partition coefficient (Wildman–Crippen LogP) is 3.22. The Kier molecular flexibility index (Phi) is 9.13. The van der Waals surface area contributed by atoms with Gasteiger partial charge in [-0.25, -0.2) is 4.98 Å². The zero-order chi connectivity index (χ0) is 18.6. The fourth-order valence-electron chi connectivity index (χ4n) is 2.18. The number of aliphatic imine (C=N–C) groups is 1. The second-order valence-corrected chi connectivity index (χ2v) is 7.66. The van der Waals surface area contributed by atoms with Crippen molar-refractivity contribution in [1.82, 2.24) is 15.2 Å². The van der Waals surface area contributed by atoms with Crippen LogP contribution >= 0.6 is 23.1 Å². The number of ether oxygens (including phenoxy) is 2. The van der Waals surface area contributed by atoms with Gasteiger partial charge < -0.3 is 19.7 Å². The molecule has 0 amide bonds. The molecule has 0 aliphatic rings. The lowest BCUT2D eigenvalue weighted by Crippen LogP contribution is -2.41. The number of thioether (sulfide) groups is 1. The number of thiazole rings is 1. The van der Waals surface area contributed by atoms with Crippen LogP contribution in [-0.4, -0.2) is 62.5 Å². The normalized spacial score (nSPS) is 11.3. The number of hydrogen-bond acceptors (Lipinski definition) is 6. The van der Waals surface area contributed by atoms with Crippen molar-refractivity contribution < 1.29 is 9.47 Å². The average molecular weight is 395 g/mol. The van der Waals surface area contributed by atoms with Crippen LogP contribution in [-0.2, 0) is 0 Å². The first-order chi connectivity index (χ1) is 12.7. The van der Waals surface area contributed by atoms with Crippen molar-refractivity contribution in [1.29, 1.82) is 0 Å². The third-order valence-corrected chi connectivity index (χ3v) is 5.62. The Labute approximate surface area is 163 Å². The Hall–Kier alpha value is -1.93. The molecule has 1 heterocycles. The number of hydrogen-bond donors (Lipinski definition) is 1. The van der Waals surface area contributed by atoms with E-state index >= 15 is 0 Å². The van der Waals surface area contributed by atoms with Gasteiger partial charge in [0, 0.05) is 38.0 Å². The zero-order valence-electron chi connectivity index (χ0n) is 15.5. The molecule has 0 radical (unpaired) electrons. The Morgan fingerprint density at radius 1 is 1.31 bits per heavy atom. The summed E-state index contributed by atoms with van der Waals surface area (Å²) in [6, 6.07) is 7.60. The van der Waals surface area contributed by atoms with E-state index in [4.69, 9.17) is 9.47 Å². The van der Waals surface area contributed by atoms with Gasteiger partial charge in [-0.2, -0.15) is 0 Å². The summed E-state index contributed by atoms with van der Waals surface area (Å²) < 4.78 is 12.0. The summed E-state index contributed by atoms with van der Waals surface area (Å²) in [5.74, 6) is 3.58. The molecule has 6 nitrogen and oxygen atoms in total. The predicted molar refractivity (Wildman–Crippen MR) is 110 cm³/mol. The van der Waals surface area contributed by atoms with E-state index in [0.717, 1.165) is 47.1 Å². The van der Waals surface area contributed by atoms with Crippen molar-refractivity contribution in [2.75, 3.05) is 46.7 Å². The molecular weight excluding hydrogens is 368 g/mol. The van der Waals surface area contributed by atoms with E-state index in [0.29, 0.717) is 6.61 Å². The van der Waals surface area contributed by atoms with Gasteiger partial charge in [0.2, 0.25) is 0 Å². The molecule has 0 aliphatic carbocycles. The number of guanidine groups is 1. The quantitative estimate of drug-likeness (QED) is 0.289. The minimum absolute atomic E-state index is 0.587. The van der Waals surface area contributed by atoms with Crippen molar-refractivity contribution >= 4 is 29.1 Å². The van der Waals surface area contributed by atoms with Crippen LogP contribution in [0.2, 0.25) is 0 Å². The van der Waals surface area contributed by atoms with Gasteiger partial charge in [0.15, 0.2) is 5.96 Å². The molecule has 0 atom stereocenters. The van der Waals surface area contributed by atoms with Crippen LogP contribution in [0.1, 0.15) is 6.42 Å². The van der Waals surface area contributed by atoms with Crippen LogP contribution < -0.4 is 14.8 Å². The van der Waals surface area contributed by atoms with Crippen molar-refractivity contribution in [3.05, 3.63) is 35.8 Å². The molecular formula is C18H26N4O2S2. The molecule has 0 spiro atoms. The number of benzene rings is 1. The SMILES string of the molecule is CN=C(NCCCSc1nccs1)N(C)CCOc1ccc(OC)cc1. The van der Waals surface area contributed by atoms with Gasteiger partial charge >= 0.3 is 0 Å². The number of methoxy groups -OCH3 is 1. The largest absolute Gasteiger partial charge is 0.497 e. The van der Waals surface area contributed by atoms with Crippen LogP contribution in [0.5, 0.6) is 11.5 Å². The van der Waals surface area contributed by atoms with E-state index < -0.39 is 0 Å². The molecule has 0 unspecified atom stereocenters. The van der Waals surface area contributed by atoms with E-state index in [2.05, 4.69) is 20.2 Å². The highest BCUT2D eigenvalue weighted by Gasteiger charge is 2.06.